The van der Waals surface area contributed by atoms with Crippen molar-refractivity contribution in [2.45, 2.75) is 19.4 Å². The normalized spacial score (nSPS) is 27.0. The summed E-state index contributed by atoms with van der Waals surface area (Å²) in [6.45, 7) is 5.10. The standard InChI is InChI=1S/C6H13NO.ClH/c1-2-6-5-7-3-4-8-6;/h6-7H,2-5H2,1H3;1H/t6-;/m1./s1. The maximum Gasteiger partial charge on any atom is 0.0697 e. The van der Waals surface area contributed by atoms with E-state index in [0.717, 1.165) is 26.1 Å². The minimum atomic E-state index is 0. The molecule has 3 heteroatoms. The van der Waals surface area contributed by atoms with E-state index in [9.17, 15) is 0 Å². The molecule has 1 N–H and O–H groups in total. The summed E-state index contributed by atoms with van der Waals surface area (Å²) in [6.07, 6.45) is 1.61. The van der Waals surface area contributed by atoms with Crippen molar-refractivity contribution in [3.05, 3.63) is 0 Å². The second-order valence-corrected chi connectivity index (χ2v) is 2.11. The van der Waals surface area contributed by atoms with E-state index in [1.54, 1.807) is 0 Å². The van der Waals surface area contributed by atoms with Crippen molar-refractivity contribution in [3.8, 4) is 0 Å². The first-order valence-electron chi connectivity index (χ1n) is 3.26. The highest BCUT2D eigenvalue weighted by atomic mass is 35.5. The molecular weight excluding hydrogens is 138 g/mol. The number of morpholine rings is 1. The SMILES string of the molecule is CC[C@@H]1CNCCO1.Cl. The quantitative estimate of drug-likeness (QED) is 0.599. The lowest BCUT2D eigenvalue weighted by molar-refractivity contribution is 0.0267. The average Bonchev–Trinajstić information content (AvgIpc) is 1.90. The molecular formula is C6H14ClNO. The Balaban J connectivity index is 0.000000640. The molecule has 0 spiro atoms. The largest absolute Gasteiger partial charge is 0.376 e. The van der Waals surface area contributed by atoms with Crippen LogP contribution in [0.15, 0.2) is 0 Å². The molecule has 0 aliphatic carbocycles. The Morgan fingerprint density at radius 2 is 2.44 bits per heavy atom. The highest BCUT2D eigenvalue weighted by Gasteiger charge is 2.08. The van der Waals surface area contributed by atoms with Crippen LogP contribution in [0.2, 0.25) is 0 Å². The van der Waals surface area contributed by atoms with E-state index in [-0.39, 0.29) is 12.4 Å². The molecule has 1 fully saturated rings. The summed E-state index contributed by atoms with van der Waals surface area (Å²) in [5, 5.41) is 3.26. The summed E-state index contributed by atoms with van der Waals surface area (Å²) in [6, 6.07) is 0. The Morgan fingerprint density at radius 3 is 2.78 bits per heavy atom. The molecule has 1 aliphatic rings. The van der Waals surface area contributed by atoms with E-state index >= 15 is 0 Å². The third-order valence-corrected chi connectivity index (χ3v) is 1.46. The van der Waals surface area contributed by atoms with Crippen molar-refractivity contribution < 1.29 is 4.74 Å². The van der Waals surface area contributed by atoms with Crippen LogP contribution >= 0.6 is 12.4 Å². The van der Waals surface area contributed by atoms with Crippen LogP contribution in [-0.4, -0.2) is 25.8 Å². The monoisotopic (exact) mass is 151 g/mol. The summed E-state index contributed by atoms with van der Waals surface area (Å²) in [5.41, 5.74) is 0. The van der Waals surface area contributed by atoms with Crippen molar-refractivity contribution in [3.63, 3.8) is 0 Å². The molecule has 1 atom stereocenters. The minimum absolute atomic E-state index is 0. The average molecular weight is 152 g/mol. The first kappa shape index (κ1) is 9.21. The maximum absolute atomic E-state index is 5.36. The Hall–Kier alpha value is 0.210. The molecule has 2 nitrogen and oxygen atoms in total. The second-order valence-electron chi connectivity index (χ2n) is 2.11. The van der Waals surface area contributed by atoms with Gasteiger partial charge in [-0.05, 0) is 6.42 Å². The lowest BCUT2D eigenvalue weighted by Crippen LogP contribution is -2.37. The van der Waals surface area contributed by atoms with E-state index in [4.69, 9.17) is 4.74 Å². The van der Waals surface area contributed by atoms with Gasteiger partial charge in [0, 0.05) is 13.1 Å². The molecule has 9 heavy (non-hydrogen) atoms. The van der Waals surface area contributed by atoms with Crippen LogP contribution in [0, 0.1) is 0 Å². The molecule has 0 saturated carbocycles. The van der Waals surface area contributed by atoms with Gasteiger partial charge in [0.05, 0.1) is 12.7 Å². The van der Waals surface area contributed by atoms with Crippen LogP contribution in [-0.2, 0) is 4.74 Å². The highest BCUT2D eigenvalue weighted by molar-refractivity contribution is 5.85. The maximum atomic E-state index is 5.36. The fraction of sp³-hybridized carbons (Fsp3) is 1.00. The van der Waals surface area contributed by atoms with Gasteiger partial charge in [-0.25, -0.2) is 0 Å². The van der Waals surface area contributed by atoms with Crippen molar-refractivity contribution in [2.24, 2.45) is 0 Å². The molecule has 0 bridgehead atoms. The predicted molar refractivity (Wildman–Crippen MR) is 40.1 cm³/mol. The smallest absolute Gasteiger partial charge is 0.0697 e. The van der Waals surface area contributed by atoms with Gasteiger partial charge >= 0.3 is 0 Å². The molecule has 1 rings (SSSR count). The Morgan fingerprint density at radius 1 is 1.67 bits per heavy atom. The van der Waals surface area contributed by atoms with Gasteiger partial charge < -0.3 is 10.1 Å². The third-order valence-electron chi connectivity index (χ3n) is 1.46. The molecule has 0 amide bonds. The van der Waals surface area contributed by atoms with Crippen LogP contribution in [0.5, 0.6) is 0 Å². The van der Waals surface area contributed by atoms with E-state index in [1.807, 2.05) is 0 Å². The van der Waals surface area contributed by atoms with Crippen LogP contribution < -0.4 is 5.32 Å². The number of halogens is 1. The topological polar surface area (TPSA) is 21.3 Å². The number of nitrogens with one attached hydrogen (secondary N) is 1. The zero-order valence-electron chi connectivity index (χ0n) is 5.72. The molecule has 1 saturated heterocycles. The summed E-state index contributed by atoms with van der Waals surface area (Å²) < 4.78 is 5.36. The van der Waals surface area contributed by atoms with Crippen LogP contribution in [0.1, 0.15) is 13.3 Å². The Bertz CT molecular complexity index is 64.1. The Kier molecular flexibility index (Phi) is 5.15. The van der Waals surface area contributed by atoms with Crippen molar-refractivity contribution in [2.75, 3.05) is 19.7 Å². The van der Waals surface area contributed by atoms with E-state index in [0.29, 0.717) is 6.10 Å². The molecule has 0 radical (unpaired) electrons. The number of hydrogen-bond donors (Lipinski definition) is 1. The van der Waals surface area contributed by atoms with Crippen LogP contribution in [0.3, 0.4) is 0 Å². The van der Waals surface area contributed by atoms with Crippen LogP contribution in [0.4, 0.5) is 0 Å². The second kappa shape index (κ2) is 5.03. The number of hydrogen-bond acceptors (Lipinski definition) is 2. The summed E-state index contributed by atoms with van der Waals surface area (Å²) in [4.78, 5) is 0. The zero-order valence-corrected chi connectivity index (χ0v) is 6.54. The zero-order chi connectivity index (χ0) is 5.82. The lowest BCUT2D eigenvalue weighted by atomic mass is 10.2. The molecule has 0 aromatic heterocycles. The van der Waals surface area contributed by atoms with Gasteiger partial charge in [0.2, 0.25) is 0 Å². The van der Waals surface area contributed by atoms with Crippen molar-refractivity contribution in [1.82, 2.24) is 5.32 Å². The number of rotatable bonds is 1. The molecule has 0 aromatic rings. The third kappa shape index (κ3) is 3.04. The number of ether oxygens (including phenoxy) is 1. The first-order valence-corrected chi connectivity index (χ1v) is 3.26. The van der Waals surface area contributed by atoms with Gasteiger partial charge in [0.1, 0.15) is 0 Å². The highest BCUT2D eigenvalue weighted by Crippen LogP contribution is 1.98. The fourth-order valence-electron chi connectivity index (χ4n) is 0.882. The molecule has 56 valence electrons. The molecule has 0 unspecified atom stereocenters. The van der Waals surface area contributed by atoms with Gasteiger partial charge in [0.25, 0.3) is 0 Å². The predicted octanol–water partition coefficient (Wildman–Crippen LogP) is 0.807. The van der Waals surface area contributed by atoms with Gasteiger partial charge in [-0.2, -0.15) is 0 Å². The van der Waals surface area contributed by atoms with Gasteiger partial charge in [-0.3, -0.25) is 0 Å². The lowest BCUT2D eigenvalue weighted by Gasteiger charge is -2.21. The van der Waals surface area contributed by atoms with Crippen molar-refractivity contribution >= 4 is 12.4 Å². The first-order chi connectivity index (χ1) is 3.93. The van der Waals surface area contributed by atoms with E-state index < -0.39 is 0 Å². The minimum Gasteiger partial charge on any atom is -0.376 e. The van der Waals surface area contributed by atoms with Gasteiger partial charge in [0.15, 0.2) is 0 Å². The van der Waals surface area contributed by atoms with Crippen molar-refractivity contribution in [1.29, 1.82) is 0 Å². The van der Waals surface area contributed by atoms with E-state index in [2.05, 4.69) is 12.2 Å². The van der Waals surface area contributed by atoms with Gasteiger partial charge in [-0.1, -0.05) is 6.92 Å². The fourth-order valence-corrected chi connectivity index (χ4v) is 0.882. The van der Waals surface area contributed by atoms with E-state index in [1.165, 1.54) is 0 Å². The van der Waals surface area contributed by atoms with Gasteiger partial charge in [-0.15, -0.1) is 12.4 Å². The Labute approximate surface area is 62.4 Å². The summed E-state index contributed by atoms with van der Waals surface area (Å²) in [5.74, 6) is 0. The molecule has 1 heterocycles. The summed E-state index contributed by atoms with van der Waals surface area (Å²) >= 11 is 0. The molecule has 0 aromatic carbocycles. The summed E-state index contributed by atoms with van der Waals surface area (Å²) in [7, 11) is 0. The molecule has 1 aliphatic heterocycles. The van der Waals surface area contributed by atoms with Crippen LogP contribution in [0.25, 0.3) is 0 Å².